The van der Waals surface area contributed by atoms with Gasteiger partial charge in [0.2, 0.25) is 0 Å². The molecule has 4 nitrogen and oxygen atoms in total. The van der Waals surface area contributed by atoms with E-state index >= 15 is 0 Å². The topological polar surface area (TPSA) is 49.4 Å². The van der Waals surface area contributed by atoms with Crippen LogP contribution in [0.1, 0.15) is 6.92 Å². The lowest BCUT2D eigenvalue weighted by atomic mass is 10.4. The minimum absolute atomic E-state index is 0. The van der Waals surface area contributed by atoms with E-state index in [0.29, 0.717) is 0 Å². The predicted molar refractivity (Wildman–Crippen MR) is 56.3 cm³/mol. The standard InChI is InChI=1S/C8H15Cl2NO3.ClH/c1-2-14-8(12)7-11(13,5-3-9)6-4-10;/h2-7H2,1H3;1H/p-1. The summed E-state index contributed by atoms with van der Waals surface area (Å²) in [5.41, 5.74) is 0. The van der Waals surface area contributed by atoms with E-state index in [0.717, 1.165) is 0 Å². The first kappa shape index (κ1) is 17.6. The molecule has 7 heteroatoms. The molecule has 0 rings (SSSR count). The first-order valence-electron chi connectivity index (χ1n) is 4.42. The minimum atomic E-state index is -0.703. The monoisotopic (exact) mass is 278 g/mol. The van der Waals surface area contributed by atoms with Crippen LogP contribution in [0.3, 0.4) is 0 Å². The molecule has 0 amide bonds. The summed E-state index contributed by atoms with van der Waals surface area (Å²) in [4.78, 5) is 11.1. The Morgan fingerprint density at radius 3 is 2.13 bits per heavy atom. The molecule has 92 valence electrons. The minimum Gasteiger partial charge on any atom is -1.00 e. The summed E-state index contributed by atoms with van der Waals surface area (Å²) in [6.07, 6.45) is 0. The quantitative estimate of drug-likeness (QED) is 0.243. The molecule has 15 heavy (non-hydrogen) atoms. The Kier molecular flexibility index (Phi) is 11.2. The Morgan fingerprint density at radius 1 is 1.33 bits per heavy atom. The van der Waals surface area contributed by atoms with Crippen molar-refractivity contribution in [2.45, 2.75) is 6.92 Å². The number of ether oxygens (including phenoxy) is 1. The molecule has 0 aliphatic rings. The van der Waals surface area contributed by atoms with Crippen molar-refractivity contribution in [3.05, 3.63) is 5.21 Å². The Bertz CT molecular complexity index is 175. The van der Waals surface area contributed by atoms with Crippen molar-refractivity contribution in [2.75, 3.05) is 38.0 Å². The normalized spacial score (nSPS) is 10.7. The molecule has 0 spiro atoms. The Morgan fingerprint density at radius 2 is 1.80 bits per heavy atom. The number of esters is 1. The average Bonchev–Trinajstić information content (AvgIpc) is 2.04. The Labute approximate surface area is 106 Å². The fourth-order valence-electron chi connectivity index (χ4n) is 1.02. The van der Waals surface area contributed by atoms with Gasteiger partial charge in [0, 0.05) is 0 Å². The van der Waals surface area contributed by atoms with Gasteiger partial charge in [-0.05, 0) is 6.92 Å². The Balaban J connectivity index is 0. The van der Waals surface area contributed by atoms with E-state index in [2.05, 4.69) is 4.74 Å². The molecule has 0 aromatic carbocycles. The van der Waals surface area contributed by atoms with Crippen LogP contribution in [0.2, 0.25) is 0 Å². The van der Waals surface area contributed by atoms with E-state index in [1.807, 2.05) is 0 Å². The van der Waals surface area contributed by atoms with Gasteiger partial charge in [0.25, 0.3) is 0 Å². The van der Waals surface area contributed by atoms with Crippen LogP contribution in [0.5, 0.6) is 0 Å². The van der Waals surface area contributed by atoms with Crippen LogP contribution in [0.4, 0.5) is 0 Å². The number of hydrogen-bond donors (Lipinski definition) is 0. The highest BCUT2D eigenvalue weighted by Gasteiger charge is 2.20. The maximum atomic E-state index is 11.9. The summed E-state index contributed by atoms with van der Waals surface area (Å²) in [5.74, 6) is -0.0858. The average molecular weight is 280 g/mol. The van der Waals surface area contributed by atoms with Gasteiger partial charge in [0.15, 0.2) is 6.54 Å². The predicted octanol–water partition coefficient (Wildman–Crippen LogP) is -1.65. The summed E-state index contributed by atoms with van der Waals surface area (Å²) < 4.78 is 3.99. The summed E-state index contributed by atoms with van der Waals surface area (Å²) >= 11 is 10.9. The smallest absolute Gasteiger partial charge is 0.362 e. The number of carbonyl (C=O) groups excluding carboxylic acids is 1. The third-order valence-corrected chi connectivity index (χ3v) is 2.04. The lowest BCUT2D eigenvalue weighted by Gasteiger charge is -2.40. The van der Waals surface area contributed by atoms with Crippen LogP contribution in [-0.4, -0.2) is 48.6 Å². The Hall–Kier alpha value is 0.260. The van der Waals surface area contributed by atoms with Crippen molar-refractivity contribution >= 4 is 29.2 Å². The van der Waals surface area contributed by atoms with Crippen molar-refractivity contribution in [1.29, 1.82) is 0 Å². The molecule has 0 aliphatic carbocycles. The van der Waals surface area contributed by atoms with Gasteiger partial charge in [-0.15, -0.1) is 23.2 Å². The number of carbonyl (C=O) groups is 1. The molecule has 0 atom stereocenters. The molecule has 0 bridgehead atoms. The molecule has 0 aromatic heterocycles. The molecular weight excluding hydrogens is 264 g/mol. The second-order valence-corrected chi connectivity index (χ2v) is 3.60. The van der Waals surface area contributed by atoms with E-state index in [9.17, 15) is 10.0 Å². The fourth-order valence-corrected chi connectivity index (χ4v) is 1.64. The van der Waals surface area contributed by atoms with Crippen LogP contribution in [0, 0.1) is 5.21 Å². The van der Waals surface area contributed by atoms with Crippen LogP contribution in [-0.2, 0) is 9.53 Å². The van der Waals surface area contributed by atoms with E-state index in [-0.39, 0.29) is 50.4 Å². The number of quaternary nitrogens is 1. The van der Waals surface area contributed by atoms with Gasteiger partial charge in [-0.3, -0.25) is 0 Å². The van der Waals surface area contributed by atoms with Crippen molar-refractivity contribution < 1.29 is 26.6 Å². The number of hydroxylamine groups is 3. The second-order valence-electron chi connectivity index (χ2n) is 2.85. The van der Waals surface area contributed by atoms with Gasteiger partial charge in [-0.2, -0.15) is 0 Å². The van der Waals surface area contributed by atoms with E-state index in [1.165, 1.54) is 0 Å². The number of halogens is 3. The van der Waals surface area contributed by atoms with Gasteiger partial charge >= 0.3 is 5.97 Å². The van der Waals surface area contributed by atoms with Gasteiger partial charge in [-0.1, -0.05) is 0 Å². The van der Waals surface area contributed by atoms with Gasteiger partial charge in [0.1, 0.15) is 0 Å². The van der Waals surface area contributed by atoms with Crippen LogP contribution >= 0.6 is 23.2 Å². The van der Waals surface area contributed by atoms with Crippen LogP contribution in [0.15, 0.2) is 0 Å². The highest BCUT2D eigenvalue weighted by Crippen LogP contribution is 2.06. The maximum absolute atomic E-state index is 11.9. The number of alkyl halides is 2. The lowest BCUT2D eigenvalue weighted by Crippen LogP contribution is -3.00. The van der Waals surface area contributed by atoms with Gasteiger partial charge in [-0.25, -0.2) is 4.79 Å². The van der Waals surface area contributed by atoms with Crippen molar-refractivity contribution in [1.82, 2.24) is 0 Å². The highest BCUT2D eigenvalue weighted by atomic mass is 35.5. The molecule has 0 aliphatic heterocycles. The molecule has 0 heterocycles. The summed E-state index contributed by atoms with van der Waals surface area (Å²) in [6, 6.07) is 0. The lowest BCUT2D eigenvalue weighted by molar-refractivity contribution is -0.868. The van der Waals surface area contributed by atoms with Crippen molar-refractivity contribution in [3.63, 3.8) is 0 Å². The molecule has 0 fully saturated rings. The first-order chi connectivity index (χ1) is 6.58. The summed E-state index contributed by atoms with van der Waals surface area (Å²) in [5, 5.41) is 11.9. The van der Waals surface area contributed by atoms with Crippen molar-refractivity contribution in [3.8, 4) is 0 Å². The van der Waals surface area contributed by atoms with E-state index in [4.69, 9.17) is 23.2 Å². The third-order valence-electron chi connectivity index (χ3n) is 1.71. The molecule has 0 saturated heterocycles. The summed E-state index contributed by atoms with van der Waals surface area (Å²) in [7, 11) is 0. The zero-order chi connectivity index (χ0) is 11.0. The van der Waals surface area contributed by atoms with Crippen LogP contribution < -0.4 is 12.4 Å². The van der Waals surface area contributed by atoms with E-state index < -0.39 is 10.6 Å². The molecular formula is C8H15Cl3NO3-. The zero-order valence-electron chi connectivity index (χ0n) is 8.55. The molecule has 0 aromatic rings. The van der Waals surface area contributed by atoms with Crippen molar-refractivity contribution in [2.24, 2.45) is 0 Å². The SMILES string of the molecule is CCOC(=O)C[N+]([O-])(CCCl)CCCl.[Cl-]. The fraction of sp³-hybridized carbons (Fsp3) is 0.875. The maximum Gasteiger partial charge on any atom is 0.362 e. The first-order valence-corrected chi connectivity index (χ1v) is 5.49. The molecule has 0 N–H and O–H groups in total. The van der Waals surface area contributed by atoms with Crippen LogP contribution in [0.25, 0.3) is 0 Å². The van der Waals surface area contributed by atoms with Gasteiger partial charge < -0.3 is 27.0 Å². The molecule has 0 saturated carbocycles. The van der Waals surface area contributed by atoms with E-state index in [1.54, 1.807) is 6.92 Å². The number of hydrogen-bond acceptors (Lipinski definition) is 3. The highest BCUT2D eigenvalue weighted by molar-refractivity contribution is 6.18. The largest absolute Gasteiger partial charge is 1.00 e. The molecule has 0 unspecified atom stereocenters. The van der Waals surface area contributed by atoms with Gasteiger partial charge in [0.05, 0.1) is 31.5 Å². The molecule has 0 radical (unpaired) electrons. The number of rotatable bonds is 7. The third kappa shape index (κ3) is 8.11. The second kappa shape index (κ2) is 9.48. The summed E-state index contributed by atoms with van der Waals surface area (Å²) in [6.45, 7) is 2.11. The zero-order valence-corrected chi connectivity index (χ0v) is 10.8. The number of nitrogens with zero attached hydrogens (tertiary/aromatic N) is 1.